The first-order valence-corrected chi connectivity index (χ1v) is 9.72. The van der Waals surface area contributed by atoms with Crippen molar-refractivity contribution in [1.82, 2.24) is 20.7 Å². The van der Waals surface area contributed by atoms with Crippen LogP contribution in [0, 0.1) is 0 Å². The zero-order valence-electron chi connectivity index (χ0n) is 15.8. The lowest BCUT2D eigenvalue weighted by atomic mass is 10.00. The van der Waals surface area contributed by atoms with Crippen molar-refractivity contribution in [3.05, 3.63) is 35.4 Å². The Hall–Kier alpha value is -2.41. The van der Waals surface area contributed by atoms with E-state index in [0.29, 0.717) is 12.5 Å². The highest BCUT2D eigenvalue weighted by Crippen LogP contribution is 2.41. The molecule has 0 bridgehead atoms. The second-order valence-corrected chi connectivity index (χ2v) is 7.95. The van der Waals surface area contributed by atoms with Crippen molar-refractivity contribution >= 4 is 17.8 Å². The van der Waals surface area contributed by atoms with Crippen molar-refractivity contribution in [3.63, 3.8) is 0 Å². The molecule has 1 aromatic rings. The number of aryl methyl sites for hydroxylation is 1. The molecule has 0 radical (unpaired) electrons. The van der Waals surface area contributed by atoms with Gasteiger partial charge in [-0.25, -0.2) is 4.79 Å². The molecule has 2 N–H and O–H groups in total. The van der Waals surface area contributed by atoms with Crippen LogP contribution in [-0.2, 0) is 16.0 Å². The maximum absolute atomic E-state index is 12.7. The summed E-state index contributed by atoms with van der Waals surface area (Å²) in [6.07, 6.45) is 4.66. The van der Waals surface area contributed by atoms with Crippen LogP contribution < -0.4 is 10.7 Å². The average molecular weight is 370 g/mol. The molecule has 27 heavy (non-hydrogen) atoms. The third-order valence-electron chi connectivity index (χ3n) is 6.05. The quantitative estimate of drug-likeness (QED) is 0.750. The fraction of sp³-hybridized carbons (Fsp3) is 0.550. The van der Waals surface area contributed by atoms with Crippen LogP contribution in [0.3, 0.4) is 0 Å². The van der Waals surface area contributed by atoms with Gasteiger partial charge in [-0.05, 0) is 50.2 Å². The zero-order valence-corrected chi connectivity index (χ0v) is 15.8. The number of carbonyl (C=O) groups excluding carboxylic acids is 3. The summed E-state index contributed by atoms with van der Waals surface area (Å²) in [6.45, 7) is 3.69. The van der Waals surface area contributed by atoms with Crippen molar-refractivity contribution in [1.29, 1.82) is 0 Å². The first-order chi connectivity index (χ1) is 12.9. The average Bonchev–Trinajstić information content (AvgIpc) is 3.38. The number of fused-ring (bicyclic) bond motifs is 1. The molecule has 0 spiro atoms. The summed E-state index contributed by atoms with van der Waals surface area (Å²) < 4.78 is 0. The Balaban J connectivity index is 1.45. The summed E-state index contributed by atoms with van der Waals surface area (Å²) >= 11 is 0. The van der Waals surface area contributed by atoms with Gasteiger partial charge in [-0.15, -0.1) is 0 Å². The Morgan fingerprint density at radius 2 is 2.04 bits per heavy atom. The number of amides is 4. The fourth-order valence-corrected chi connectivity index (χ4v) is 4.13. The number of hydrazine groups is 1. The van der Waals surface area contributed by atoms with E-state index < -0.39 is 17.5 Å². The van der Waals surface area contributed by atoms with Gasteiger partial charge < -0.3 is 5.32 Å². The molecule has 4 rings (SSSR count). The number of imide groups is 1. The highest BCUT2D eigenvalue weighted by atomic mass is 16.2. The molecule has 1 saturated carbocycles. The summed E-state index contributed by atoms with van der Waals surface area (Å²) in [5.41, 5.74) is 4.21. The van der Waals surface area contributed by atoms with Gasteiger partial charge in [0, 0.05) is 12.1 Å². The number of hydrogen-bond donors (Lipinski definition) is 2. The molecule has 7 nitrogen and oxygen atoms in total. The molecule has 1 saturated heterocycles. The molecule has 2 atom stereocenters. The van der Waals surface area contributed by atoms with Gasteiger partial charge in [-0.3, -0.25) is 19.9 Å². The SMILES string of the molecule is CCC1(C)NC(=O)N(NC(=O)CN(C2CC2)C2CCc3ccccc32)C1=O. The van der Waals surface area contributed by atoms with E-state index in [2.05, 4.69) is 33.8 Å². The second-order valence-electron chi connectivity index (χ2n) is 7.95. The van der Waals surface area contributed by atoms with Gasteiger partial charge in [0.05, 0.1) is 6.54 Å². The summed E-state index contributed by atoms with van der Waals surface area (Å²) in [5, 5.41) is 3.48. The molecule has 2 unspecified atom stereocenters. The topological polar surface area (TPSA) is 81.8 Å². The van der Waals surface area contributed by atoms with Gasteiger partial charge >= 0.3 is 6.03 Å². The molecule has 3 aliphatic rings. The molecule has 7 heteroatoms. The van der Waals surface area contributed by atoms with Crippen LogP contribution in [0.2, 0.25) is 0 Å². The Morgan fingerprint density at radius 3 is 2.70 bits per heavy atom. The van der Waals surface area contributed by atoms with Crippen molar-refractivity contribution in [2.45, 2.75) is 63.6 Å². The highest BCUT2D eigenvalue weighted by molar-refractivity contribution is 6.07. The monoisotopic (exact) mass is 370 g/mol. The minimum Gasteiger partial charge on any atom is -0.322 e. The predicted octanol–water partition coefficient (Wildman–Crippen LogP) is 1.89. The normalized spacial score (nSPS) is 27.1. The van der Waals surface area contributed by atoms with Crippen LogP contribution in [0.25, 0.3) is 0 Å². The first kappa shape index (κ1) is 18.0. The molecule has 2 fully saturated rings. The van der Waals surface area contributed by atoms with E-state index in [4.69, 9.17) is 0 Å². The smallest absolute Gasteiger partial charge is 0.322 e. The molecule has 1 heterocycles. The largest absolute Gasteiger partial charge is 0.344 e. The van der Waals surface area contributed by atoms with E-state index in [1.165, 1.54) is 11.1 Å². The van der Waals surface area contributed by atoms with E-state index in [9.17, 15) is 14.4 Å². The number of benzene rings is 1. The molecule has 144 valence electrons. The predicted molar refractivity (Wildman–Crippen MR) is 99.4 cm³/mol. The van der Waals surface area contributed by atoms with Gasteiger partial charge in [-0.1, -0.05) is 31.2 Å². The summed E-state index contributed by atoms with van der Waals surface area (Å²) in [6, 6.07) is 8.45. The summed E-state index contributed by atoms with van der Waals surface area (Å²) in [7, 11) is 0. The van der Waals surface area contributed by atoms with Crippen molar-refractivity contribution in [2.24, 2.45) is 0 Å². The van der Waals surface area contributed by atoms with E-state index in [1.807, 2.05) is 13.0 Å². The van der Waals surface area contributed by atoms with E-state index in [-0.39, 0.29) is 18.5 Å². The van der Waals surface area contributed by atoms with E-state index in [0.717, 1.165) is 30.7 Å². The maximum Gasteiger partial charge on any atom is 0.344 e. The lowest BCUT2D eigenvalue weighted by Gasteiger charge is -2.29. The lowest BCUT2D eigenvalue weighted by Crippen LogP contribution is -2.51. The zero-order chi connectivity index (χ0) is 19.2. The molecule has 1 aromatic carbocycles. The van der Waals surface area contributed by atoms with Crippen LogP contribution in [0.15, 0.2) is 24.3 Å². The minimum atomic E-state index is -0.953. The van der Waals surface area contributed by atoms with Crippen molar-refractivity contribution in [3.8, 4) is 0 Å². The third-order valence-corrected chi connectivity index (χ3v) is 6.05. The van der Waals surface area contributed by atoms with Crippen LogP contribution >= 0.6 is 0 Å². The highest BCUT2D eigenvalue weighted by Gasteiger charge is 2.48. The number of hydrogen-bond acceptors (Lipinski definition) is 4. The Kier molecular flexibility index (Phi) is 4.42. The van der Waals surface area contributed by atoms with Gasteiger partial charge in [-0.2, -0.15) is 5.01 Å². The van der Waals surface area contributed by atoms with Gasteiger partial charge in [0.25, 0.3) is 11.8 Å². The number of rotatable bonds is 6. The van der Waals surface area contributed by atoms with Gasteiger partial charge in [0.1, 0.15) is 5.54 Å². The fourth-order valence-electron chi connectivity index (χ4n) is 4.13. The van der Waals surface area contributed by atoms with E-state index >= 15 is 0 Å². The summed E-state index contributed by atoms with van der Waals surface area (Å²) in [4.78, 5) is 39.5. The Morgan fingerprint density at radius 1 is 1.30 bits per heavy atom. The summed E-state index contributed by atoms with van der Waals surface area (Å²) in [5.74, 6) is -0.734. The minimum absolute atomic E-state index is 0.184. The number of urea groups is 1. The van der Waals surface area contributed by atoms with Crippen molar-refractivity contribution < 1.29 is 14.4 Å². The van der Waals surface area contributed by atoms with Gasteiger partial charge in [0.2, 0.25) is 0 Å². The Labute approximate surface area is 159 Å². The van der Waals surface area contributed by atoms with Gasteiger partial charge in [0.15, 0.2) is 0 Å². The molecular weight excluding hydrogens is 344 g/mol. The molecular formula is C20H26N4O3. The third kappa shape index (κ3) is 3.20. The van der Waals surface area contributed by atoms with Crippen LogP contribution in [0.4, 0.5) is 4.79 Å². The van der Waals surface area contributed by atoms with E-state index in [1.54, 1.807) is 6.92 Å². The lowest BCUT2D eigenvalue weighted by molar-refractivity contribution is -0.139. The van der Waals surface area contributed by atoms with Crippen LogP contribution in [0.1, 0.15) is 56.7 Å². The maximum atomic E-state index is 12.7. The Bertz CT molecular complexity index is 791. The standard InChI is InChI=1S/C20H26N4O3/c1-3-20(2)18(26)24(19(27)21-20)22-17(25)12-23(14-9-10-14)16-11-8-13-6-4-5-7-15(13)16/h4-7,14,16H,3,8-12H2,1-2H3,(H,21,27)(H,22,25). The van der Waals surface area contributed by atoms with Crippen LogP contribution in [0.5, 0.6) is 0 Å². The van der Waals surface area contributed by atoms with Crippen molar-refractivity contribution in [2.75, 3.05) is 6.54 Å². The molecule has 1 aliphatic heterocycles. The first-order valence-electron chi connectivity index (χ1n) is 9.72. The second kappa shape index (κ2) is 6.64. The number of carbonyl (C=O) groups is 3. The number of nitrogens with zero attached hydrogens (tertiary/aromatic N) is 2. The number of nitrogens with one attached hydrogen (secondary N) is 2. The molecule has 4 amide bonds. The molecule has 2 aliphatic carbocycles. The van der Waals surface area contributed by atoms with Crippen LogP contribution in [-0.4, -0.2) is 45.9 Å². The molecule has 0 aromatic heterocycles.